The SMILES string of the molecule is CCN(C(=O)CNc1cccc(NC(=O)C(C)C)c1)c1ccccc1. The lowest BCUT2D eigenvalue weighted by Crippen LogP contribution is -2.35. The summed E-state index contributed by atoms with van der Waals surface area (Å²) >= 11 is 0. The Kier molecular flexibility index (Phi) is 6.57. The van der Waals surface area contributed by atoms with Crippen LogP contribution in [0.15, 0.2) is 54.6 Å². The van der Waals surface area contributed by atoms with Gasteiger partial charge in [0.05, 0.1) is 6.54 Å². The predicted molar refractivity (Wildman–Crippen MR) is 103 cm³/mol. The molecule has 2 N–H and O–H groups in total. The topological polar surface area (TPSA) is 61.4 Å². The second kappa shape index (κ2) is 8.87. The van der Waals surface area contributed by atoms with E-state index in [9.17, 15) is 9.59 Å². The van der Waals surface area contributed by atoms with E-state index >= 15 is 0 Å². The van der Waals surface area contributed by atoms with Gasteiger partial charge in [-0.05, 0) is 37.3 Å². The molecule has 0 aliphatic heterocycles. The van der Waals surface area contributed by atoms with Crippen LogP contribution in [0.25, 0.3) is 0 Å². The first-order chi connectivity index (χ1) is 12.0. The second-order valence-electron chi connectivity index (χ2n) is 6.05. The third-order valence-electron chi connectivity index (χ3n) is 3.78. The van der Waals surface area contributed by atoms with Crippen molar-refractivity contribution >= 4 is 28.9 Å². The summed E-state index contributed by atoms with van der Waals surface area (Å²) in [7, 11) is 0. The molecule has 0 fully saturated rings. The molecule has 2 amide bonds. The standard InChI is InChI=1S/C20H25N3O2/c1-4-23(18-11-6-5-7-12-18)19(24)14-21-16-9-8-10-17(13-16)22-20(25)15(2)3/h5-13,15,21H,4,14H2,1-3H3,(H,22,25). The number of carbonyl (C=O) groups excluding carboxylic acids is 2. The van der Waals surface area contributed by atoms with Crippen LogP contribution in [0.1, 0.15) is 20.8 Å². The van der Waals surface area contributed by atoms with Gasteiger partial charge in [-0.1, -0.05) is 38.1 Å². The molecule has 0 unspecified atom stereocenters. The number of nitrogens with zero attached hydrogens (tertiary/aromatic N) is 1. The van der Waals surface area contributed by atoms with E-state index in [-0.39, 0.29) is 24.3 Å². The summed E-state index contributed by atoms with van der Waals surface area (Å²) in [5.41, 5.74) is 2.39. The fourth-order valence-electron chi connectivity index (χ4n) is 2.38. The van der Waals surface area contributed by atoms with E-state index in [0.29, 0.717) is 12.2 Å². The first-order valence-electron chi connectivity index (χ1n) is 8.51. The first-order valence-corrected chi connectivity index (χ1v) is 8.51. The van der Waals surface area contributed by atoms with Crippen LogP contribution < -0.4 is 15.5 Å². The molecule has 0 aliphatic carbocycles. The van der Waals surface area contributed by atoms with E-state index in [1.807, 2.05) is 75.4 Å². The van der Waals surface area contributed by atoms with E-state index in [0.717, 1.165) is 11.4 Å². The van der Waals surface area contributed by atoms with Crippen LogP contribution in [-0.2, 0) is 9.59 Å². The zero-order valence-corrected chi connectivity index (χ0v) is 15.0. The Morgan fingerprint density at radius 2 is 1.68 bits per heavy atom. The smallest absolute Gasteiger partial charge is 0.246 e. The molecule has 0 saturated carbocycles. The molecule has 132 valence electrons. The molecule has 0 atom stereocenters. The number of rotatable bonds is 7. The van der Waals surface area contributed by atoms with Crippen LogP contribution in [-0.4, -0.2) is 24.9 Å². The van der Waals surface area contributed by atoms with Gasteiger partial charge in [0, 0.05) is 29.5 Å². The zero-order valence-electron chi connectivity index (χ0n) is 15.0. The highest BCUT2D eigenvalue weighted by Crippen LogP contribution is 2.17. The maximum absolute atomic E-state index is 12.5. The van der Waals surface area contributed by atoms with Gasteiger partial charge in [0.25, 0.3) is 0 Å². The largest absolute Gasteiger partial charge is 0.376 e. The van der Waals surface area contributed by atoms with Crippen LogP contribution in [0.3, 0.4) is 0 Å². The molecule has 0 bridgehead atoms. The van der Waals surface area contributed by atoms with Crippen LogP contribution in [0, 0.1) is 5.92 Å². The lowest BCUT2D eigenvalue weighted by Gasteiger charge is -2.21. The molecular formula is C20H25N3O2. The van der Waals surface area contributed by atoms with Gasteiger partial charge in [0.2, 0.25) is 11.8 Å². The number of hydrogen-bond acceptors (Lipinski definition) is 3. The van der Waals surface area contributed by atoms with Gasteiger partial charge >= 0.3 is 0 Å². The minimum Gasteiger partial charge on any atom is -0.376 e. The molecule has 0 saturated heterocycles. The Balaban J connectivity index is 1.98. The van der Waals surface area contributed by atoms with E-state index in [2.05, 4.69) is 10.6 Å². The van der Waals surface area contributed by atoms with Crippen LogP contribution in [0.2, 0.25) is 0 Å². The number of amides is 2. The minimum atomic E-state index is -0.0813. The summed E-state index contributed by atoms with van der Waals surface area (Å²) in [5, 5.41) is 5.98. The summed E-state index contributed by atoms with van der Waals surface area (Å²) in [6.45, 7) is 6.43. The van der Waals surface area contributed by atoms with Gasteiger partial charge in [0.1, 0.15) is 0 Å². The van der Waals surface area contributed by atoms with Crippen molar-refractivity contribution in [3.05, 3.63) is 54.6 Å². The number of carbonyl (C=O) groups is 2. The molecule has 2 aromatic carbocycles. The monoisotopic (exact) mass is 339 g/mol. The zero-order chi connectivity index (χ0) is 18.2. The summed E-state index contributed by atoms with van der Waals surface area (Å²) in [5.74, 6) is -0.123. The first kappa shape index (κ1) is 18.5. The van der Waals surface area contributed by atoms with Crippen LogP contribution >= 0.6 is 0 Å². The van der Waals surface area contributed by atoms with Crippen molar-refractivity contribution in [2.24, 2.45) is 5.92 Å². The van der Waals surface area contributed by atoms with Gasteiger partial charge in [-0.25, -0.2) is 0 Å². The summed E-state index contributed by atoms with van der Waals surface area (Å²) < 4.78 is 0. The number of benzene rings is 2. The van der Waals surface area contributed by atoms with Crippen molar-refractivity contribution in [2.45, 2.75) is 20.8 Å². The van der Waals surface area contributed by atoms with Crippen LogP contribution in [0.4, 0.5) is 17.1 Å². The third kappa shape index (κ3) is 5.35. The maximum Gasteiger partial charge on any atom is 0.246 e. The molecular weight excluding hydrogens is 314 g/mol. The summed E-state index contributed by atoms with van der Waals surface area (Å²) in [6.07, 6.45) is 0. The highest BCUT2D eigenvalue weighted by atomic mass is 16.2. The Hall–Kier alpha value is -2.82. The van der Waals surface area contributed by atoms with Gasteiger partial charge in [0.15, 0.2) is 0 Å². The predicted octanol–water partition coefficient (Wildman–Crippen LogP) is 3.75. The molecule has 2 aromatic rings. The molecule has 2 rings (SSSR count). The molecule has 0 radical (unpaired) electrons. The van der Waals surface area contributed by atoms with Crippen LogP contribution in [0.5, 0.6) is 0 Å². The highest BCUT2D eigenvalue weighted by molar-refractivity contribution is 5.96. The Morgan fingerprint density at radius 3 is 2.32 bits per heavy atom. The van der Waals surface area contributed by atoms with Crippen molar-refractivity contribution in [2.75, 3.05) is 28.6 Å². The molecule has 5 heteroatoms. The second-order valence-corrected chi connectivity index (χ2v) is 6.05. The van der Waals surface area contributed by atoms with E-state index in [1.54, 1.807) is 4.90 Å². The van der Waals surface area contributed by atoms with Crippen molar-refractivity contribution in [3.63, 3.8) is 0 Å². The average Bonchev–Trinajstić information content (AvgIpc) is 2.62. The molecule has 0 spiro atoms. The molecule has 5 nitrogen and oxygen atoms in total. The quantitative estimate of drug-likeness (QED) is 0.808. The van der Waals surface area contributed by atoms with Crippen molar-refractivity contribution in [1.29, 1.82) is 0 Å². The Bertz CT molecular complexity index is 714. The van der Waals surface area contributed by atoms with Crippen molar-refractivity contribution < 1.29 is 9.59 Å². The number of anilines is 3. The average molecular weight is 339 g/mol. The number of para-hydroxylation sites is 1. The summed E-state index contributed by atoms with van der Waals surface area (Å²) in [6, 6.07) is 17.0. The van der Waals surface area contributed by atoms with Crippen molar-refractivity contribution in [1.82, 2.24) is 0 Å². The lowest BCUT2D eigenvalue weighted by atomic mass is 10.2. The number of likely N-dealkylation sites (N-methyl/N-ethyl adjacent to an activating group) is 1. The fourth-order valence-corrected chi connectivity index (χ4v) is 2.38. The van der Waals surface area contributed by atoms with Crippen molar-refractivity contribution in [3.8, 4) is 0 Å². The van der Waals surface area contributed by atoms with Gasteiger partial charge < -0.3 is 15.5 Å². The number of nitrogens with one attached hydrogen (secondary N) is 2. The summed E-state index contributed by atoms with van der Waals surface area (Å²) in [4.78, 5) is 26.0. The molecule has 0 heterocycles. The van der Waals surface area contributed by atoms with Gasteiger partial charge in [-0.3, -0.25) is 9.59 Å². The fraction of sp³-hybridized carbons (Fsp3) is 0.300. The lowest BCUT2D eigenvalue weighted by molar-refractivity contribution is -0.119. The van der Waals surface area contributed by atoms with E-state index in [4.69, 9.17) is 0 Å². The number of hydrogen-bond donors (Lipinski definition) is 2. The van der Waals surface area contributed by atoms with E-state index < -0.39 is 0 Å². The third-order valence-corrected chi connectivity index (χ3v) is 3.78. The van der Waals surface area contributed by atoms with Gasteiger partial charge in [-0.2, -0.15) is 0 Å². The molecule has 0 aromatic heterocycles. The Labute approximate surface area is 149 Å². The molecule has 25 heavy (non-hydrogen) atoms. The van der Waals surface area contributed by atoms with Gasteiger partial charge in [-0.15, -0.1) is 0 Å². The maximum atomic E-state index is 12.5. The molecule has 0 aliphatic rings. The normalized spacial score (nSPS) is 10.4. The highest BCUT2D eigenvalue weighted by Gasteiger charge is 2.13. The van der Waals surface area contributed by atoms with E-state index in [1.165, 1.54) is 0 Å². The minimum absolute atomic E-state index is 0.00896. The Morgan fingerprint density at radius 1 is 1.00 bits per heavy atom.